The molecule has 3 aromatic rings. The van der Waals surface area contributed by atoms with E-state index in [2.05, 4.69) is 55.0 Å². The number of thioether (sulfide) groups is 1. The molecule has 0 spiro atoms. The Morgan fingerprint density at radius 1 is 1.21 bits per heavy atom. The van der Waals surface area contributed by atoms with E-state index >= 15 is 0 Å². The lowest BCUT2D eigenvalue weighted by Gasteiger charge is -2.39. The van der Waals surface area contributed by atoms with E-state index in [1.54, 1.807) is 18.4 Å². The SMILES string of the molecule is CN1CCN(C(c2cccc(Br)c2)C2Sc3nc(-c4ccco4)nn3C2=O)CC1. The maximum atomic E-state index is 13.3. The Morgan fingerprint density at radius 2 is 2.03 bits per heavy atom. The van der Waals surface area contributed by atoms with Crippen LogP contribution in [0.25, 0.3) is 11.6 Å². The van der Waals surface area contributed by atoms with Gasteiger partial charge >= 0.3 is 0 Å². The highest BCUT2D eigenvalue weighted by Crippen LogP contribution is 2.42. The molecule has 2 aliphatic heterocycles. The van der Waals surface area contributed by atoms with Crippen LogP contribution in [0.4, 0.5) is 0 Å². The lowest BCUT2D eigenvalue weighted by atomic mass is 10.00. The van der Waals surface area contributed by atoms with Gasteiger partial charge in [0.05, 0.1) is 12.3 Å². The molecule has 150 valence electrons. The largest absolute Gasteiger partial charge is 0.461 e. The van der Waals surface area contributed by atoms with E-state index < -0.39 is 0 Å². The Kier molecular flexibility index (Phi) is 5.07. The second-order valence-corrected chi connectivity index (χ2v) is 9.35. The third kappa shape index (κ3) is 3.56. The predicted octanol–water partition coefficient (Wildman–Crippen LogP) is 3.40. The molecule has 1 saturated heterocycles. The number of hydrogen-bond donors (Lipinski definition) is 0. The molecule has 2 unspecified atom stereocenters. The first-order valence-corrected chi connectivity index (χ1v) is 11.2. The summed E-state index contributed by atoms with van der Waals surface area (Å²) in [7, 11) is 2.14. The quantitative estimate of drug-likeness (QED) is 0.574. The third-order valence-corrected chi connectivity index (χ3v) is 7.09. The van der Waals surface area contributed by atoms with Gasteiger partial charge in [0.1, 0.15) is 5.25 Å². The van der Waals surface area contributed by atoms with Crippen LogP contribution in [0, 0.1) is 0 Å². The monoisotopic (exact) mass is 473 g/mol. The van der Waals surface area contributed by atoms with Crippen LogP contribution in [0.15, 0.2) is 56.7 Å². The highest BCUT2D eigenvalue weighted by Gasteiger charge is 2.43. The van der Waals surface area contributed by atoms with E-state index in [9.17, 15) is 4.79 Å². The Morgan fingerprint density at radius 3 is 2.72 bits per heavy atom. The molecule has 1 fully saturated rings. The topological polar surface area (TPSA) is 67.4 Å². The number of benzene rings is 1. The summed E-state index contributed by atoms with van der Waals surface area (Å²) in [6, 6.07) is 11.8. The average molecular weight is 474 g/mol. The average Bonchev–Trinajstić information content (AvgIpc) is 3.43. The number of carbonyl (C=O) groups excluding carboxylic acids is 1. The minimum Gasteiger partial charge on any atom is -0.461 e. The number of likely N-dealkylation sites (N-methyl/N-ethyl adjacent to an activating group) is 1. The van der Waals surface area contributed by atoms with Gasteiger partial charge in [-0.25, -0.2) is 0 Å². The van der Waals surface area contributed by atoms with Gasteiger partial charge in [0.2, 0.25) is 5.82 Å². The normalized spacial score (nSPS) is 21.4. The standard InChI is InChI=1S/C20H20BrN5O2S/c1-24-7-9-25(10-8-24)16(13-4-2-5-14(21)12-13)17-19(27)26-20(29-17)22-18(23-26)15-6-3-11-28-15/h2-6,11-12,16-17H,7-10H2,1H3. The number of halogens is 1. The van der Waals surface area contributed by atoms with Gasteiger partial charge in [0.25, 0.3) is 5.91 Å². The number of piperazine rings is 1. The van der Waals surface area contributed by atoms with Crippen molar-refractivity contribution in [3.8, 4) is 11.6 Å². The van der Waals surface area contributed by atoms with Crippen LogP contribution in [-0.2, 0) is 0 Å². The number of nitrogens with zero attached hydrogens (tertiary/aromatic N) is 5. The van der Waals surface area contributed by atoms with Gasteiger partial charge in [-0.1, -0.05) is 39.8 Å². The lowest BCUT2D eigenvalue weighted by Crippen LogP contribution is -2.49. The van der Waals surface area contributed by atoms with Crippen molar-refractivity contribution < 1.29 is 9.21 Å². The molecular weight excluding hydrogens is 454 g/mol. The highest BCUT2D eigenvalue weighted by atomic mass is 79.9. The van der Waals surface area contributed by atoms with E-state index in [1.807, 2.05) is 12.1 Å². The van der Waals surface area contributed by atoms with Gasteiger partial charge in [-0.05, 0) is 36.9 Å². The lowest BCUT2D eigenvalue weighted by molar-refractivity contribution is 0.0767. The Labute approximate surface area is 181 Å². The highest BCUT2D eigenvalue weighted by molar-refractivity contribution is 9.10. The molecule has 1 aromatic carbocycles. The zero-order valence-corrected chi connectivity index (χ0v) is 18.3. The molecule has 2 atom stereocenters. The fraction of sp³-hybridized carbons (Fsp3) is 0.350. The Hall–Kier alpha value is -1.94. The van der Waals surface area contributed by atoms with Crippen molar-refractivity contribution in [2.24, 2.45) is 0 Å². The van der Waals surface area contributed by atoms with Crippen molar-refractivity contribution in [3.05, 3.63) is 52.7 Å². The zero-order chi connectivity index (χ0) is 20.0. The first kappa shape index (κ1) is 19.0. The first-order valence-electron chi connectivity index (χ1n) is 9.50. The van der Waals surface area contributed by atoms with E-state index in [-0.39, 0.29) is 17.2 Å². The molecule has 29 heavy (non-hydrogen) atoms. The number of furan rings is 1. The van der Waals surface area contributed by atoms with Crippen LogP contribution >= 0.6 is 27.7 Å². The van der Waals surface area contributed by atoms with E-state index in [1.165, 1.54) is 16.4 Å². The molecule has 0 aliphatic carbocycles. The van der Waals surface area contributed by atoms with Crippen molar-refractivity contribution in [1.82, 2.24) is 24.6 Å². The summed E-state index contributed by atoms with van der Waals surface area (Å²) < 4.78 is 7.83. The van der Waals surface area contributed by atoms with Gasteiger partial charge in [-0.2, -0.15) is 9.67 Å². The van der Waals surface area contributed by atoms with Gasteiger partial charge in [-0.15, -0.1) is 5.10 Å². The molecule has 0 radical (unpaired) electrons. The summed E-state index contributed by atoms with van der Waals surface area (Å²) in [6.45, 7) is 3.82. The first-order chi connectivity index (χ1) is 14.1. The second-order valence-electron chi connectivity index (χ2n) is 7.32. The maximum absolute atomic E-state index is 13.3. The second kappa shape index (κ2) is 7.71. The van der Waals surface area contributed by atoms with Crippen LogP contribution < -0.4 is 0 Å². The summed E-state index contributed by atoms with van der Waals surface area (Å²) >= 11 is 5.07. The van der Waals surface area contributed by atoms with Gasteiger partial charge in [0.15, 0.2) is 10.9 Å². The van der Waals surface area contributed by atoms with Gasteiger partial charge < -0.3 is 9.32 Å². The van der Waals surface area contributed by atoms with E-state index in [0.717, 1.165) is 36.2 Å². The number of aromatic nitrogens is 3. The Bertz CT molecular complexity index is 1030. The van der Waals surface area contributed by atoms with Gasteiger partial charge in [0, 0.05) is 30.7 Å². The molecule has 0 saturated carbocycles. The minimum absolute atomic E-state index is 0.0285. The molecule has 2 aromatic heterocycles. The molecule has 9 heteroatoms. The maximum Gasteiger partial charge on any atom is 0.264 e. The van der Waals surface area contributed by atoms with Crippen LogP contribution in [-0.4, -0.2) is 68.9 Å². The number of rotatable bonds is 4. The van der Waals surface area contributed by atoms with Crippen LogP contribution in [0.1, 0.15) is 16.4 Å². The third-order valence-electron chi connectivity index (χ3n) is 5.41. The molecule has 7 nitrogen and oxygen atoms in total. The summed E-state index contributed by atoms with van der Waals surface area (Å²) in [5.74, 6) is 0.988. The van der Waals surface area contributed by atoms with Crippen molar-refractivity contribution in [3.63, 3.8) is 0 Å². The van der Waals surface area contributed by atoms with Crippen LogP contribution in [0.2, 0.25) is 0 Å². The predicted molar refractivity (Wildman–Crippen MR) is 114 cm³/mol. The zero-order valence-electron chi connectivity index (χ0n) is 15.9. The van der Waals surface area contributed by atoms with Crippen molar-refractivity contribution in [2.45, 2.75) is 16.4 Å². The molecule has 5 rings (SSSR count). The smallest absolute Gasteiger partial charge is 0.264 e. The molecule has 2 aliphatic rings. The van der Waals surface area contributed by atoms with E-state index in [4.69, 9.17) is 4.42 Å². The molecule has 0 N–H and O–H groups in total. The van der Waals surface area contributed by atoms with Crippen molar-refractivity contribution >= 4 is 33.6 Å². The van der Waals surface area contributed by atoms with Crippen molar-refractivity contribution in [1.29, 1.82) is 0 Å². The van der Waals surface area contributed by atoms with Crippen LogP contribution in [0.5, 0.6) is 0 Å². The summed E-state index contributed by atoms with van der Waals surface area (Å²) in [5.41, 5.74) is 1.13. The fourth-order valence-electron chi connectivity index (χ4n) is 3.88. The minimum atomic E-state index is -0.284. The molecule has 4 heterocycles. The molecule has 0 bridgehead atoms. The number of fused-ring (bicyclic) bond motifs is 1. The van der Waals surface area contributed by atoms with E-state index in [0.29, 0.717) is 16.7 Å². The summed E-state index contributed by atoms with van der Waals surface area (Å²) in [6.07, 6.45) is 1.58. The summed E-state index contributed by atoms with van der Waals surface area (Å²) in [5, 5.41) is 4.76. The number of hydrogen-bond acceptors (Lipinski definition) is 7. The fourth-order valence-corrected chi connectivity index (χ4v) is 5.55. The van der Waals surface area contributed by atoms with Crippen molar-refractivity contribution in [2.75, 3.05) is 33.2 Å². The number of carbonyl (C=O) groups is 1. The molecule has 0 amide bonds. The molecular formula is C20H20BrN5O2S. The Balaban J connectivity index is 1.47. The van der Waals surface area contributed by atoms with Gasteiger partial charge in [-0.3, -0.25) is 9.69 Å². The van der Waals surface area contributed by atoms with Crippen LogP contribution in [0.3, 0.4) is 0 Å². The summed E-state index contributed by atoms with van der Waals surface area (Å²) in [4.78, 5) is 22.6.